The molecule has 0 fully saturated rings. The smallest absolute Gasteiger partial charge is 0.337 e. The Morgan fingerprint density at radius 3 is 2.28 bits per heavy atom. The third-order valence-corrected chi connectivity index (χ3v) is 6.26. The van der Waals surface area contributed by atoms with Crippen molar-refractivity contribution in [3.63, 3.8) is 0 Å². The Hall–Kier alpha value is -2.97. The van der Waals surface area contributed by atoms with Gasteiger partial charge in [0.2, 0.25) is 0 Å². The molecule has 1 heterocycles. The molecule has 32 heavy (non-hydrogen) atoms. The summed E-state index contributed by atoms with van der Waals surface area (Å²) < 4.78 is 11.3. The SMILES string of the molecule is CCOc1ccc2nc(N(CCN(CC)CC)C(=O)c3ccc(C(=O)OC)cc3)sc2c1. The number of carbonyl (C=O) groups is 2. The molecule has 0 saturated carbocycles. The predicted octanol–water partition coefficient (Wildman–Crippen LogP) is 4.47. The van der Waals surface area contributed by atoms with Crippen molar-refractivity contribution >= 4 is 38.6 Å². The lowest BCUT2D eigenvalue weighted by Crippen LogP contribution is -2.38. The highest BCUT2D eigenvalue weighted by Crippen LogP contribution is 2.32. The van der Waals surface area contributed by atoms with E-state index in [0.29, 0.717) is 29.4 Å². The van der Waals surface area contributed by atoms with E-state index in [9.17, 15) is 9.59 Å². The molecule has 0 saturated heterocycles. The van der Waals surface area contributed by atoms with Crippen LogP contribution in [0.15, 0.2) is 42.5 Å². The highest BCUT2D eigenvalue weighted by Gasteiger charge is 2.22. The first-order valence-electron chi connectivity index (χ1n) is 10.8. The number of benzene rings is 2. The minimum absolute atomic E-state index is 0.155. The van der Waals surface area contributed by atoms with Crippen LogP contribution in [0.2, 0.25) is 0 Å². The number of hydrogen-bond donors (Lipinski definition) is 0. The summed E-state index contributed by atoms with van der Waals surface area (Å²) >= 11 is 1.47. The van der Waals surface area contributed by atoms with Crippen LogP contribution in [0.5, 0.6) is 5.75 Å². The van der Waals surface area contributed by atoms with Crippen LogP contribution in [-0.2, 0) is 4.74 Å². The number of aromatic nitrogens is 1. The second-order valence-corrected chi connectivity index (χ2v) is 8.12. The molecule has 0 bridgehead atoms. The van der Waals surface area contributed by atoms with Gasteiger partial charge in [-0.2, -0.15) is 0 Å². The number of carbonyl (C=O) groups excluding carboxylic acids is 2. The van der Waals surface area contributed by atoms with Crippen molar-refractivity contribution in [3.8, 4) is 5.75 Å². The minimum Gasteiger partial charge on any atom is -0.494 e. The molecule has 0 aliphatic rings. The van der Waals surface area contributed by atoms with E-state index >= 15 is 0 Å². The minimum atomic E-state index is -0.432. The summed E-state index contributed by atoms with van der Waals surface area (Å²) in [6, 6.07) is 12.3. The third-order valence-electron chi connectivity index (χ3n) is 5.22. The first kappa shape index (κ1) is 23.7. The number of fused-ring (bicyclic) bond motifs is 1. The summed E-state index contributed by atoms with van der Waals surface area (Å²) in [7, 11) is 1.33. The predicted molar refractivity (Wildman–Crippen MR) is 128 cm³/mol. The van der Waals surface area contributed by atoms with E-state index in [1.54, 1.807) is 29.2 Å². The Balaban J connectivity index is 1.93. The first-order valence-corrected chi connectivity index (χ1v) is 11.6. The van der Waals surface area contributed by atoms with E-state index in [-0.39, 0.29) is 5.91 Å². The second-order valence-electron chi connectivity index (χ2n) is 7.11. The summed E-state index contributed by atoms with van der Waals surface area (Å²) in [6.07, 6.45) is 0. The molecule has 0 spiro atoms. The highest BCUT2D eigenvalue weighted by atomic mass is 32.1. The quantitative estimate of drug-likeness (QED) is 0.420. The van der Waals surface area contributed by atoms with Crippen molar-refractivity contribution in [3.05, 3.63) is 53.6 Å². The Kier molecular flexibility index (Phi) is 8.19. The van der Waals surface area contributed by atoms with E-state index in [1.807, 2.05) is 25.1 Å². The molecule has 3 aromatic rings. The monoisotopic (exact) mass is 455 g/mol. The number of rotatable bonds is 10. The Morgan fingerprint density at radius 2 is 1.66 bits per heavy atom. The summed E-state index contributed by atoms with van der Waals surface area (Å²) in [6.45, 7) is 9.81. The zero-order chi connectivity index (χ0) is 23.1. The molecule has 0 radical (unpaired) electrons. The molecule has 2 aromatic carbocycles. The van der Waals surface area contributed by atoms with Crippen LogP contribution in [-0.4, -0.2) is 61.7 Å². The normalized spacial score (nSPS) is 11.0. The number of methoxy groups -OCH3 is 1. The molecule has 1 aromatic heterocycles. The standard InChI is InChI=1S/C24H29N3O4S/c1-5-26(6-2)14-15-27(22(28)17-8-10-18(11-9-17)23(29)30-4)24-25-20-13-12-19(31-7-3)16-21(20)32-24/h8-13,16H,5-7,14-15H2,1-4H3. The van der Waals surface area contributed by atoms with Crippen LogP contribution in [0.4, 0.5) is 5.13 Å². The van der Waals surface area contributed by atoms with Gasteiger partial charge in [-0.15, -0.1) is 0 Å². The molecule has 0 aliphatic carbocycles. The van der Waals surface area contributed by atoms with Crippen LogP contribution < -0.4 is 9.64 Å². The van der Waals surface area contributed by atoms with Gasteiger partial charge in [0.15, 0.2) is 5.13 Å². The average molecular weight is 456 g/mol. The topological polar surface area (TPSA) is 72.0 Å². The number of hydrogen-bond acceptors (Lipinski definition) is 7. The van der Waals surface area contributed by atoms with Gasteiger partial charge in [0, 0.05) is 18.7 Å². The van der Waals surface area contributed by atoms with Gasteiger partial charge in [-0.3, -0.25) is 9.69 Å². The molecule has 3 rings (SSSR count). The number of ether oxygens (including phenoxy) is 2. The number of amides is 1. The van der Waals surface area contributed by atoms with E-state index in [0.717, 1.165) is 35.6 Å². The van der Waals surface area contributed by atoms with Crippen molar-refractivity contribution in [2.24, 2.45) is 0 Å². The van der Waals surface area contributed by atoms with Gasteiger partial charge in [0.05, 0.1) is 29.5 Å². The van der Waals surface area contributed by atoms with Crippen molar-refractivity contribution in [1.29, 1.82) is 0 Å². The maximum Gasteiger partial charge on any atom is 0.337 e. The molecular weight excluding hydrogens is 426 g/mol. The van der Waals surface area contributed by atoms with Gasteiger partial charge in [0.25, 0.3) is 5.91 Å². The molecule has 0 atom stereocenters. The van der Waals surface area contributed by atoms with Crippen molar-refractivity contribution in [1.82, 2.24) is 9.88 Å². The van der Waals surface area contributed by atoms with Crippen LogP contribution >= 0.6 is 11.3 Å². The lowest BCUT2D eigenvalue weighted by molar-refractivity contribution is 0.0600. The number of anilines is 1. The summed E-state index contributed by atoms with van der Waals surface area (Å²) in [5, 5.41) is 0.642. The van der Waals surface area contributed by atoms with Crippen molar-refractivity contribution < 1.29 is 19.1 Å². The molecule has 0 N–H and O–H groups in total. The van der Waals surface area contributed by atoms with Crippen LogP contribution in [0, 0.1) is 0 Å². The van der Waals surface area contributed by atoms with E-state index in [2.05, 4.69) is 18.7 Å². The Morgan fingerprint density at radius 1 is 0.969 bits per heavy atom. The molecule has 7 nitrogen and oxygen atoms in total. The van der Waals surface area contributed by atoms with Crippen LogP contribution in [0.1, 0.15) is 41.5 Å². The summed E-state index contributed by atoms with van der Waals surface area (Å²) in [5.41, 5.74) is 1.73. The Labute approximate surface area is 192 Å². The lowest BCUT2D eigenvalue weighted by Gasteiger charge is -2.24. The summed E-state index contributed by atoms with van der Waals surface area (Å²) in [5.74, 6) is 0.200. The van der Waals surface area contributed by atoms with E-state index in [4.69, 9.17) is 14.5 Å². The molecule has 8 heteroatoms. The number of thiazole rings is 1. The molecule has 1 amide bonds. The molecule has 0 unspecified atom stereocenters. The number of nitrogens with zero attached hydrogens (tertiary/aromatic N) is 3. The van der Waals surface area contributed by atoms with Gasteiger partial charge < -0.3 is 14.4 Å². The second kappa shape index (κ2) is 11.1. The van der Waals surface area contributed by atoms with Crippen LogP contribution in [0.3, 0.4) is 0 Å². The van der Waals surface area contributed by atoms with Crippen molar-refractivity contribution in [2.75, 3.05) is 44.8 Å². The average Bonchev–Trinajstić information content (AvgIpc) is 3.24. The highest BCUT2D eigenvalue weighted by molar-refractivity contribution is 7.22. The van der Waals surface area contributed by atoms with Gasteiger partial charge in [-0.1, -0.05) is 25.2 Å². The molecule has 0 aliphatic heterocycles. The van der Waals surface area contributed by atoms with Gasteiger partial charge >= 0.3 is 5.97 Å². The number of esters is 1. The van der Waals surface area contributed by atoms with Crippen LogP contribution in [0.25, 0.3) is 10.2 Å². The molecular formula is C24H29N3O4S. The van der Waals surface area contributed by atoms with Gasteiger partial charge in [-0.25, -0.2) is 9.78 Å². The fourth-order valence-electron chi connectivity index (χ4n) is 3.35. The zero-order valence-electron chi connectivity index (χ0n) is 19.0. The third kappa shape index (κ3) is 5.44. The Bertz CT molecular complexity index is 1060. The fourth-order valence-corrected chi connectivity index (χ4v) is 4.37. The molecule has 170 valence electrons. The van der Waals surface area contributed by atoms with Crippen molar-refractivity contribution in [2.45, 2.75) is 20.8 Å². The largest absolute Gasteiger partial charge is 0.494 e. The number of likely N-dealkylation sites (N-methyl/N-ethyl adjacent to an activating group) is 1. The zero-order valence-corrected chi connectivity index (χ0v) is 19.8. The van der Waals surface area contributed by atoms with Gasteiger partial charge in [0.1, 0.15) is 5.75 Å². The van der Waals surface area contributed by atoms with E-state index in [1.165, 1.54) is 18.4 Å². The fraction of sp³-hybridized carbons (Fsp3) is 0.375. The van der Waals surface area contributed by atoms with Gasteiger partial charge in [-0.05, 0) is 62.5 Å². The lowest BCUT2D eigenvalue weighted by atomic mass is 10.1. The first-order chi connectivity index (χ1) is 15.5. The maximum absolute atomic E-state index is 13.5. The maximum atomic E-state index is 13.5. The van der Waals surface area contributed by atoms with E-state index < -0.39 is 5.97 Å². The summed E-state index contributed by atoms with van der Waals surface area (Å²) in [4.78, 5) is 33.9.